The summed E-state index contributed by atoms with van der Waals surface area (Å²) in [6, 6.07) is 10.6. The average molecular weight is 321 g/mol. The van der Waals surface area contributed by atoms with Gasteiger partial charge in [-0.2, -0.15) is 0 Å². The maximum atomic E-state index is 5.40. The van der Waals surface area contributed by atoms with Gasteiger partial charge in [-0.05, 0) is 38.0 Å². The number of hydrogen-bond acceptors (Lipinski definition) is 4. The van der Waals surface area contributed by atoms with E-state index < -0.39 is 0 Å². The molecule has 0 saturated carbocycles. The molecule has 1 aliphatic heterocycles. The molecule has 1 aromatic carbocycles. The molecule has 124 valence electrons. The number of benzene rings is 1. The van der Waals surface area contributed by atoms with Crippen LogP contribution in [0.3, 0.4) is 0 Å². The highest BCUT2D eigenvalue weighted by Crippen LogP contribution is 2.30. The van der Waals surface area contributed by atoms with E-state index in [0.717, 1.165) is 30.1 Å². The smallest absolute Gasteiger partial charge is 0.237 e. The fraction of sp³-hybridized carbons (Fsp3) is 0.300. The fourth-order valence-electron chi connectivity index (χ4n) is 2.94. The summed E-state index contributed by atoms with van der Waals surface area (Å²) in [6.45, 7) is 7.77. The summed E-state index contributed by atoms with van der Waals surface area (Å²) in [5, 5.41) is 3.44. The summed E-state index contributed by atoms with van der Waals surface area (Å²) in [5.41, 5.74) is 8.02. The first-order valence-electron chi connectivity index (χ1n) is 8.13. The summed E-state index contributed by atoms with van der Waals surface area (Å²) < 4.78 is 5.40. The molecule has 3 rings (SSSR count). The largest absolute Gasteiger partial charge is 0.480 e. The van der Waals surface area contributed by atoms with E-state index in [9.17, 15) is 0 Å². The van der Waals surface area contributed by atoms with E-state index in [1.165, 1.54) is 22.3 Å². The molecule has 24 heavy (non-hydrogen) atoms. The summed E-state index contributed by atoms with van der Waals surface area (Å²) in [4.78, 5) is 8.98. The molecular formula is C20H23N3O. The number of hydrogen-bond donors (Lipinski definition) is 1. The third-order valence-corrected chi connectivity index (χ3v) is 4.28. The molecule has 0 atom stereocenters. The van der Waals surface area contributed by atoms with Gasteiger partial charge < -0.3 is 10.1 Å². The standard InChI is InChI=1S/C20H23N3O/c1-13-5-7-16(8-6-13)11-22-18-9-17(12-23-20(18)24-4)19-14(2)10-21-15(19)3/h5-9,12,22H,10-11H2,1-4H3. The summed E-state index contributed by atoms with van der Waals surface area (Å²) >= 11 is 0. The number of aromatic nitrogens is 1. The average Bonchev–Trinajstić information content (AvgIpc) is 2.93. The van der Waals surface area contributed by atoms with Gasteiger partial charge in [0.25, 0.3) is 0 Å². The van der Waals surface area contributed by atoms with Gasteiger partial charge >= 0.3 is 0 Å². The molecule has 1 N–H and O–H groups in total. The number of aryl methyl sites for hydroxylation is 1. The predicted octanol–water partition coefficient (Wildman–Crippen LogP) is 4.26. The Morgan fingerprint density at radius 1 is 1.12 bits per heavy atom. The van der Waals surface area contributed by atoms with Crippen LogP contribution in [0.4, 0.5) is 5.69 Å². The molecule has 0 fully saturated rings. The Bertz CT molecular complexity index is 804. The van der Waals surface area contributed by atoms with E-state index in [-0.39, 0.29) is 0 Å². The molecule has 0 radical (unpaired) electrons. The van der Waals surface area contributed by atoms with Crippen molar-refractivity contribution in [1.82, 2.24) is 4.98 Å². The van der Waals surface area contributed by atoms with Gasteiger partial charge in [0.1, 0.15) is 0 Å². The summed E-state index contributed by atoms with van der Waals surface area (Å²) in [6.07, 6.45) is 1.86. The molecule has 0 spiro atoms. The Labute approximate surface area is 143 Å². The second-order valence-electron chi connectivity index (χ2n) is 6.18. The number of pyridine rings is 1. The van der Waals surface area contributed by atoms with Crippen molar-refractivity contribution >= 4 is 17.0 Å². The number of nitrogens with one attached hydrogen (secondary N) is 1. The third kappa shape index (κ3) is 3.32. The number of rotatable bonds is 5. The lowest BCUT2D eigenvalue weighted by molar-refractivity contribution is 0.399. The minimum atomic E-state index is 0.608. The van der Waals surface area contributed by atoms with Crippen LogP contribution >= 0.6 is 0 Å². The molecule has 0 bridgehead atoms. The third-order valence-electron chi connectivity index (χ3n) is 4.28. The van der Waals surface area contributed by atoms with Crippen LogP contribution in [0.5, 0.6) is 5.88 Å². The van der Waals surface area contributed by atoms with Crippen LogP contribution in [0.2, 0.25) is 0 Å². The Morgan fingerprint density at radius 3 is 2.50 bits per heavy atom. The molecule has 0 saturated heterocycles. The molecule has 1 aliphatic rings. The minimum absolute atomic E-state index is 0.608. The van der Waals surface area contributed by atoms with Crippen molar-refractivity contribution in [3.05, 3.63) is 58.8 Å². The van der Waals surface area contributed by atoms with Crippen LogP contribution < -0.4 is 10.1 Å². The molecule has 0 aliphatic carbocycles. The van der Waals surface area contributed by atoms with Crippen LogP contribution in [-0.4, -0.2) is 24.4 Å². The monoisotopic (exact) mass is 321 g/mol. The first-order chi connectivity index (χ1) is 11.6. The molecule has 0 amide bonds. The van der Waals surface area contributed by atoms with Crippen LogP contribution in [0.1, 0.15) is 30.5 Å². The van der Waals surface area contributed by atoms with Crippen LogP contribution in [0.25, 0.3) is 5.57 Å². The molecule has 2 heterocycles. The lowest BCUT2D eigenvalue weighted by atomic mass is 10.0. The number of aliphatic imine (C=N–C) groups is 1. The highest BCUT2D eigenvalue weighted by atomic mass is 16.5. The van der Waals surface area contributed by atoms with Gasteiger partial charge in [0.2, 0.25) is 5.88 Å². The van der Waals surface area contributed by atoms with Gasteiger partial charge in [-0.25, -0.2) is 4.98 Å². The normalized spacial score (nSPS) is 13.9. The fourth-order valence-corrected chi connectivity index (χ4v) is 2.94. The van der Waals surface area contributed by atoms with E-state index in [4.69, 9.17) is 4.74 Å². The van der Waals surface area contributed by atoms with Gasteiger partial charge in [0.05, 0.1) is 19.3 Å². The van der Waals surface area contributed by atoms with E-state index in [0.29, 0.717) is 5.88 Å². The van der Waals surface area contributed by atoms with Crippen molar-refractivity contribution in [3.63, 3.8) is 0 Å². The first-order valence-corrected chi connectivity index (χ1v) is 8.13. The molecular weight excluding hydrogens is 298 g/mol. The van der Waals surface area contributed by atoms with E-state index >= 15 is 0 Å². The number of allylic oxidation sites excluding steroid dienone is 1. The van der Waals surface area contributed by atoms with Crippen LogP contribution in [0, 0.1) is 6.92 Å². The van der Waals surface area contributed by atoms with E-state index in [1.54, 1.807) is 7.11 Å². The molecule has 4 nitrogen and oxygen atoms in total. The molecule has 0 unspecified atom stereocenters. The summed E-state index contributed by atoms with van der Waals surface area (Å²) in [7, 11) is 1.64. The van der Waals surface area contributed by atoms with Gasteiger partial charge in [0.15, 0.2) is 0 Å². The van der Waals surface area contributed by atoms with Crippen molar-refractivity contribution in [1.29, 1.82) is 0 Å². The second-order valence-corrected chi connectivity index (χ2v) is 6.18. The van der Waals surface area contributed by atoms with E-state index in [1.807, 2.05) is 6.20 Å². The summed E-state index contributed by atoms with van der Waals surface area (Å²) in [5.74, 6) is 0.608. The SMILES string of the molecule is COc1ncc(C2=C(C)CN=C2C)cc1NCc1ccc(C)cc1. The Hall–Kier alpha value is -2.62. The van der Waals surface area contributed by atoms with Crippen molar-refractivity contribution in [2.75, 3.05) is 19.0 Å². The highest BCUT2D eigenvalue weighted by molar-refractivity contribution is 6.25. The Balaban J connectivity index is 1.86. The number of methoxy groups -OCH3 is 1. The van der Waals surface area contributed by atoms with Crippen LogP contribution in [-0.2, 0) is 6.54 Å². The maximum absolute atomic E-state index is 5.40. The van der Waals surface area contributed by atoms with E-state index in [2.05, 4.69) is 66.4 Å². The lowest BCUT2D eigenvalue weighted by Crippen LogP contribution is -2.04. The predicted molar refractivity (Wildman–Crippen MR) is 99.9 cm³/mol. The number of anilines is 1. The zero-order chi connectivity index (χ0) is 17.1. The van der Waals surface area contributed by atoms with Crippen LogP contribution in [0.15, 0.2) is 47.1 Å². The number of nitrogens with zero attached hydrogens (tertiary/aromatic N) is 2. The zero-order valence-electron chi connectivity index (χ0n) is 14.7. The van der Waals surface area contributed by atoms with Crippen molar-refractivity contribution in [2.45, 2.75) is 27.3 Å². The Kier molecular flexibility index (Phi) is 4.65. The topological polar surface area (TPSA) is 46.5 Å². The first kappa shape index (κ1) is 16.2. The second kappa shape index (κ2) is 6.87. The Morgan fingerprint density at radius 2 is 1.88 bits per heavy atom. The van der Waals surface area contributed by atoms with Crippen molar-refractivity contribution in [3.8, 4) is 5.88 Å². The van der Waals surface area contributed by atoms with Gasteiger partial charge in [0, 0.05) is 29.6 Å². The minimum Gasteiger partial charge on any atom is -0.480 e. The highest BCUT2D eigenvalue weighted by Gasteiger charge is 2.17. The zero-order valence-corrected chi connectivity index (χ0v) is 14.7. The van der Waals surface area contributed by atoms with Crippen molar-refractivity contribution in [2.24, 2.45) is 4.99 Å². The van der Waals surface area contributed by atoms with Gasteiger partial charge in [-0.3, -0.25) is 4.99 Å². The maximum Gasteiger partial charge on any atom is 0.237 e. The molecule has 4 heteroatoms. The lowest BCUT2D eigenvalue weighted by Gasteiger charge is -2.13. The quantitative estimate of drug-likeness (QED) is 0.895. The van der Waals surface area contributed by atoms with Gasteiger partial charge in [-0.15, -0.1) is 0 Å². The molecule has 2 aromatic rings. The van der Waals surface area contributed by atoms with Crippen molar-refractivity contribution < 1.29 is 4.74 Å². The number of ether oxygens (including phenoxy) is 1. The van der Waals surface area contributed by atoms with Gasteiger partial charge in [-0.1, -0.05) is 29.8 Å². The molecule has 1 aromatic heterocycles.